The molecule has 2 aromatic rings. The van der Waals surface area contributed by atoms with Crippen LogP contribution >= 0.6 is 11.6 Å². The number of halogens is 1. The van der Waals surface area contributed by atoms with Gasteiger partial charge in [0.05, 0.1) is 11.3 Å². The lowest BCUT2D eigenvalue weighted by Crippen LogP contribution is -1.99. The van der Waals surface area contributed by atoms with Crippen molar-refractivity contribution in [3.8, 4) is 0 Å². The Morgan fingerprint density at radius 1 is 1.04 bits per heavy atom. The maximum atomic E-state index is 12.1. The van der Waals surface area contributed by atoms with Gasteiger partial charge in [0.15, 0.2) is 0 Å². The summed E-state index contributed by atoms with van der Waals surface area (Å²) >= 11 is 6.20. The van der Waals surface area contributed by atoms with Crippen molar-refractivity contribution < 1.29 is 17.9 Å². The topological polar surface area (TPSA) is 60.4 Å². The summed E-state index contributed by atoms with van der Waals surface area (Å²) in [6.45, 7) is 0.175. The molecule has 0 unspecified atom stereocenters. The minimum Gasteiger partial charge on any atom is -0.457 e. The molecule has 0 bridgehead atoms. The first-order valence-electron chi connectivity index (χ1n) is 6.92. The van der Waals surface area contributed by atoms with Crippen molar-refractivity contribution in [3.63, 3.8) is 0 Å². The monoisotopic (exact) mass is 348 g/mol. The second kappa shape index (κ2) is 6.56. The van der Waals surface area contributed by atoms with Gasteiger partial charge in [-0.1, -0.05) is 54.1 Å². The fourth-order valence-electron chi connectivity index (χ4n) is 2.53. The quantitative estimate of drug-likeness (QED) is 0.681. The number of hydrogen-bond donors (Lipinski definition) is 1. The number of rotatable bonds is 4. The van der Waals surface area contributed by atoms with Gasteiger partial charge in [-0.3, -0.25) is 0 Å². The molecular formula is C17H13ClO4S. The Bertz CT molecular complexity index is 858. The number of carbonyl (C=O) groups is 1. The first-order valence-corrected chi connectivity index (χ1v) is 8.66. The van der Waals surface area contributed by atoms with Crippen LogP contribution < -0.4 is 0 Å². The van der Waals surface area contributed by atoms with Crippen LogP contribution in [0.1, 0.15) is 16.7 Å². The van der Waals surface area contributed by atoms with Crippen molar-refractivity contribution in [2.45, 2.75) is 5.75 Å². The van der Waals surface area contributed by atoms with Gasteiger partial charge < -0.3 is 4.74 Å². The molecule has 1 heterocycles. The molecule has 3 rings (SSSR count). The highest BCUT2D eigenvalue weighted by molar-refractivity contribution is 7.71. The van der Waals surface area contributed by atoms with Gasteiger partial charge in [-0.15, -0.1) is 0 Å². The van der Waals surface area contributed by atoms with Gasteiger partial charge in [0, 0.05) is 16.2 Å². The SMILES string of the molecule is O=C1OCC(c2ccc(C[SH](=O)=O)cc2)=C1c1ccccc1Cl. The van der Waals surface area contributed by atoms with Gasteiger partial charge >= 0.3 is 5.97 Å². The van der Waals surface area contributed by atoms with E-state index < -0.39 is 16.7 Å². The zero-order valence-corrected chi connectivity index (χ0v) is 13.6. The molecule has 23 heavy (non-hydrogen) atoms. The maximum absolute atomic E-state index is 12.1. The summed E-state index contributed by atoms with van der Waals surface area (Å²) in [7, 11) is -2.46. The third-order valence-electron chi connectivity index (χ3n) is 3.61. The Hall–Kier alpha value is -2.11. The van der Waals surface area contributed by atoms with Crippen LogP contribution in [0.4, 0.5) is 0 Å². The summed E-state index contributed by atoms with van der Waals surface area (Å²) in [5, 5.41) is 0.485. The smallest absolute Gasteiger partial charge is 0.339 e. The van der Waals surface area contributed by atoms with Crippen molar-refractivity contribution in [3.05, 3.63) is 70.2 Å². The van der Waals surface area contributed by atoms with Gasteiger partial charge in [0.1, 0.15) is 17.3 Å². The van der Waals surface area contributed by atoms with Gasteiger partial charge in [0.2, 0.25) is 0 Å². The molecule has 118 valence electrons. The van der Waals surface area contributed by atoms with Crippen LogP contribution in [0.25, 0.3) is 11.1 Å². The maximum Gasteiger partial charge on any atom is 0.339 e. The highest BCUT2D eigenvalue weighted by atomic mass is 35.5. The lowest BCUT2D eigenvalue weighted by molar-refractivity contribution is -0.133. The van der Waals surface area contributed by atoms with E-state index in [1.54, 1.807) is 42.5 Å². The van der Waals surface area contributed by atoms with E-state index in [1.165, 1.54) is 0 Å². The summed E-state index contributed by atoms with van der Waals surface area (Å²) in [6, 6.07) is 14.2. The first kappa shape index (κ1) is 15.8. The summed E-state index contributed by atoms with van der Waals surface area (Å²) in [5.74, 6) is -0.401. The summed E-state index contributed by atoms with van der Waals surface area (Å²) in [5.41, 5.74) is 3.36. The highest BCUT2D eigenvalue weighted by Crippen LogP contribution is 2.35. The van der Waals surface area contributed by atoms with Crippen LogP contribution in [-0.2, 0) is 26.0 Å². The largest absolute Gasteiger partial charge is 0.457 e. The van der Waals surface area contributed by atoms with Crippen molar-refractivity contribution in [1.29, 1.82) is 0 Å². The van der Waals surface area contributed by atoms with Gasteiger partial charge in [0.25, 0.3) is 0 Å². The van der Waals surface area contributed by atoms with E-state index in [2.05, 4.69) is 0 Å². The van der Waals surface area contributed by atoms with Crippen molar-refractivity contribution in [1.82, 2.24) is 0 Å². The number of ether oxygens (including phenoxy) is 1. The number of esters is 1. The van der Waals surface area contributed by atoms with E-state index in [4.69, 9.17) is 16.3 Å². The normalized spacial score (nSPS) is 14.4. The molecule has 0 N–H and O–H groups in total. The average Bonchev–Trinajstić information content (AvgIpc) is 2.90. The highest BCUT2D eigenvalue weighted by Gasteiger charge is 2.28. The van der Waals surface area contributed by atoms with Gasteiger partial charge in [-0.2, -0.15) is 0 Å². The Labute approximate surface area is 140 Å². The van der Waals surface area contributed by atoms with E-state index in [0.717, 1.165) is 11.1 Å². The molecule has 0 aromatic heterocycles. The van der Waals surface area contributed by atoms with Crippen LogP contribution in [0, 0.1) is 0 Å². The molecule has 2 aromatic carbocycles. The Morgan fingerprint density at radius 2 is 1.74 bits per heavy atom. The molecule has 0 saturated heterocycles. The standard InChI is InChI=1S/C17H13ClO4S/c18-15-4-2-1-3-13(15)16-14(9-22-17(16)19)12-7-5-11(6-8-12)10-23(20)21/h1-8,23H,9-10H2. The van der Waals surface area contributed by atoms with Crippen LogP contribution in [0.5, 0.6) is 0 Å². The van der Waals surface area contributed by atoms with Crippen molar-refractivity contribution in [2.24, 2.45) is 0 Å². The number of benzene rings is 2. The van der Waals surface area contributed by atoms with Crippen LogP contribution in [0.2, 0.25) is 5.02 Å². The molecule has 1 aliphatic rings. The van der Waals surface area contributed by atoms with E-state index >= 15 is 0 Å². The Morgan fingerprint density at radius 3 is 2.39 bits per heavy atom. The third kappa shape index (κ3) is 3.30. The van der Waals surface area contributed by atoms with E-state index in [9.17, 15) is 13.2 Å². The van der Waals surface area contributed by atoms with E-state index in [0.29, 0.717) is 21.7 Å². The molecule has 0 amide bonds. The lowest BCUT2D eigenvalue weighted by Gasteiger charge is -2.07. The predicted molar refractivity (Wildman–Crippen MR) is 89.7 cm³/mol. The van der Waals surface area contributed by atoms with Crippen LogP contribution in [-0.4, -0.2) is 21.0 Å². The molecule has 0 saturated carbocycles. The second-order valence-corrected chi connectivity index (χ2v) is 6.49. The van der Waals surface area contributed by atoms with Gasteiger partial charge in [-0.25, -0.2) is 13.2 Å². The zero-order chi connectivity index (χ0) is 16.4. The predicted octanol–water partition coefficient (Wildman–Crippen LogP) is 2.92. The molecule has 0 aliphatic carbocycles. The third-order valence-corrected chi connectivity index (χ3v) is 4.56. The molecule has 1 aliphatic heterocycles. The summed E-state index contributed by atoms with van der Waals surface area (Å²) in [6.07, 6.45) is 0. The van der Waals surface area contributed by atoms with E-state index in [-0.39, 0.29) is 12.4 Å². The Kier molecular flexibility index (Phi) is 4.50. The number of carbonyl (C=O) groups excluding carboxylic acids is 1. The minimum atomic E-state index is -2.46. The fourth-order valence-corrected chi connectivity index (χ4v) is 3.27. The molecule has 4 nitrogen and oxygen atoms in total. The van der Waals surface area contributed by atoms with Crippen LogP contribution in [0.15, 0.2) is 48.5 Å². The van der Waals surface area contributed by atoms with Crippen LogP contribution in [0.3, 0.4) is 0 Å². The molecule has 0 spiro atoms. The Balaban J connectivity index is 2.05. The van der Waals surface area contributed by atoms with Crippen molar-refractivity contribution in [2.75, 3.05) is 6.61 Å². The first-order chi connectivity index (χ1) is 11.1. The van der Waals surface area contributed by atoms with E-state index in [1.807, 2.05) is 6.07 Å². The summed E-state index contributed by atoms with van der Waals surface area (Å²) < 4.78 is 26.7. The molecule has 0 radical (unpaired) electrons. The fraction of sp³-hybridized carbons (Fsp3) is 0.118. The number of cyclic esters (lactones) is 1. The average molecular weight is 349 g/mol. The number of thiol groups is 1. The summed E-state index contributed by atoms with van der Waals surface area (Å²) in [4.78, 5) is 12.1. The molecule has 0 atom stereocenters. The molecule has 0 fully saturated rings. The zero-order valence-electron chi connectivity index (χ0n) is 12.0. The minimum absolute atomic E-state index is 0.00145. The molecular weight excluding hydrogens is 336 g/mol. The lowest BCUT2D eigenvalue weighted by atomic mass is 9.96. The van der Waals surface area contributed by atoms with Crippen molar-refractivity contribution >= 4 is 39.4 Å². The molecule has 6 heteroatoms. The number of hydrogen-bond acceptors (Lipinski definition) is 4. The van der Waals surface area contributed by atoms with Gasteiger partial charge in [-0.05, 0) is 17.2 Å². The second-order valence-electron chi connectivity index (χ2n) is 5.10.